The zero-order valence-electron chi connectivity index (χ0n) is 15.7. The molecule has 0 bridgehead atoms. The van der Waals surface area contributed by atoms with Gasteiger partial charge in [-0.25, -0.2) is 8.42 Å². The number of halogens is 1. The molecular weight excluding hydrogens is 444 g/mol. The third kappa shape index (κ3) is 5.12. The highest BCUT2D eigenvalue weighted by atomic mass is 79.9. The van der Waals surface area contributed by atoms with Crippen LogP contribution in [0.4, 0.5) is 5.69 Å². The van der Waals surface area contributed by atoms with E-state index in [1.54, 1.807) is 24.3 Å². The van der Waals surface area contributed by atoms with Crippen LogP contribution in [0.25, 0.3) is 0 Å². The fourth-order valence-corrected chi connectivity index (χ4v) is 4.96. The van der Waals surface area contributed by atoms with E-state index >= 15 is 0 Å². The van der Waals surface area contributed by atoms with E-state index in [-0.39, 0.29) is 17.4 Å². The molecule has 6 nitrogen and oxygen atoms in total. The second-order valence-electron chi connectivity index (χ2n) is 6.74. The largest absolute Gasteiger partial charge is 0.484 e. The van der Waals surface area contributed by atoms with Crippen molar-refractivity contribution in [2.75, 3.05) is 25.0 Å². The quantitative estimate of drug-likeness (QED) is 0.698. The first-order valence-electron chi connectivity index (χ1n) is 9.15. The van der Waals surface area contributed by atoms with Crippen LogP contribution in [0.5, 0.6) is 5.75 Å². The van der Waals surface area contributed by atoms with Crippen molar-refractivity contribution in [3.05, 3.63) is 52.5 Å². The zero-order valence-corrected chi connectivity index (χ0v) is 18.1. The highest BCUT2D eigenvalue weighted by molar-refractivity contribution is 9.10. The summed E-state index contributed by atoms with van der Waals surface area (Å²) in [6.07, 6.45) is 2.81. The molecular formula is C20H23BrN2O4S. The lowest BCUT2D eigenvalue weighted by molar-refractivity contribution is -0.118. The zero-order chi connectivity index (χ0) is 20.1. The van der Waals surface area contributed by atoms with Gasteiger partial charge in [0.1, 0.15) is 5.75 Å². The van der Waals surface area contributed by atoms with Gasteiger partial charge < -0.3 is 10.1 Å². The third-order valence-electron chi connectivity index (χ3n) is 4.60. The predicted molar refractivity (Wildman–Crippen MR) is 112 cm³/mol. The van der Waals surface area contributed by atoms with Gasteiger partial charge >= 0.3 is 0 Å². The lowest BCUT2D eigenvalue weighted by atomic mass is 10.2. The van der Waals surface area contributed by atoms with Gasteiger partial charge in [0.05, 0.1) is 4.90 Å². The van der Waals surface area contributed by atoms with Crippen LogP contribution in [0.2, 0.25) is 0 Å². The SMILES string of the molecule is Cc1ccc(S(=O)(=O)N2CCCCC2)cc1NC(=O)COc1cccc(Br)c1. The van der Waals surface area contributed by atoms with Gasteiger partial charge in [0.25, 0.3) is 5.91 Å². The number of hydrogen-bond acceptors (Lipinski definition) is 4. The smallest absolute Gasteiger partial charge is 0.262 e. The topological polar surface area (TPSA) is 75.7 Å². The number of amides is 1. The van der Waals surface area contributed by atoms with Gasteiger partial charge in [0.2, 0.25) is 10.0 Å². The van der Waals surface area contributed by atoms with Gasteiger partial charge in [0, 0.05) is 23.2 Å². The Balaban J connectivity index is 1.70. The molecule has 0 aliphatic carbocycles. The maximum Gasteiger partial charge on any atom is 0.262 e. The first-order valence-corrected chi connectivity index (χ1v) is 11.4. The van der Waals surface area contributed by atoms with Crippen LogP contribution in [0.1, 0.15) is 24.8 Å². The number of aryl methyl sites for hydroxylation is 1. The minimum absolute atomic E-state index is 0.168. The van der Waals surface area contributed by atoms with Crippen molar-refractivity contribution in [3.8, 4) is 5.75 Å². The van der Waals surface area contributed by atoms with Crippen LogP contribution < -0.4 is 10.1 Å². The molecule has 0 spiro atoms. The van der Waals surface area contributed by atoms with E-state index in [1.807, 2.05) is 19.1 Å². The number of ether oxygens (including phenoxy) is 1. The molecule has 28 heavy (non-hydrogen) atoms. The highest BCUT2D eigenvalue weighted by Gasteiger charge is 2.26. The predicted octanol–water partition coefficient (Wildman–Crippen LogP) is 3.95. The summed E-state index contributed by atoms with van der Waals surface area (Å²) in [5.41, 5.74) is 1.26. The van der Waals surface area contributed by atoms with Crippen molar-refractivity contribution in [1.29, 1.82) is 0 Å². The summed E-state index contributed by atoms with van der Waals surface area (Å²) in [5, 5.41) is 2.75. The van der Waals surface area contributed by atoms with Gasteiger partial charge in [-0.05, 0) is 55.7 Å². The molecule has 0 saturated carbocycles. The fraction of sp³-hybridized carbons (Fsp3) is 0.350. The average Bonchev–Trinajstić information content (AvgIpc) is 2.69. The van der Waals surface area contributed by atoms with E-state index < -0.39 is 10.0 Å². The van der Waals surface area contributed by atoms with Gasteiger partial charge in [-0.2, -0.15) is 4.31 Å². The molecule has 1 heterocycles. The Morgan fingerprint density at radius 2 is 1.89 bits per heavy atom. The second-order valence-corrected chi connectivity index (χ2v) is 9.59. The highest BCUT2D eigenvalue weighted by Crippen LogP contribution is 2.25. The molecule has 0 atom stereocenters. The molecule has 0 unspecified atom stereocenters. The number of carbonyl (C=O) groups is 1. The minimum Gasteiger partial charge on any atom is -0.484 e. The summed E-state index contributed by atoms with van der Waals surface area (Å²) in [6, 6.07) is 12.0. The van der Waals surface area contributed by atoms with Crippen LogP contribution in [0.3, 0.4) is 0 Å². The summed E-state index contributed by atoms with van der Waals surface area (Å²) in [7, 11) is -3.55. The van der Waals surface area contributed by atoms with E-state index in [4.69, 9.17) is 4.74 Å². The standard InChI is InChI=1S/C20H23BrN2O4S/c1-15-8-9-18(28(25,26)23-10-3-2-4-11-23)13-19(15)22-20(24)14-27-17-7-5-6-16(21)12-17/h5-9,12-13H,2-4,10-11,14H2,1H3,(H,22,24). The summed E-state index contributed by atoms with van der Waals surface area (Å²) >= 11 is 3.35. The Labute approximate surface area is 174 Å². The Morgan fingerprint density at radius 1 is 1.14 bits per heavy atom. The first-order chi connectivity index (χ1) is 13.4. The Morgan fingerprint density at radius 3 is 2.61 bits per heavy atom. The van der Waals surface area contributed by atoms with E-state index in [1.165, 1.54) is 10.4 Å². The molecule has 0 radical (unpaired) electrons. The van der Waals surface area contributed by atoms with Crippen LogP contribution in [-0.4, -0.2) is 38.3 Å². The Kier molecular flexibility index (Phi) is 6.74. The second kappa shape index (κ2) is 9.07. The fourth-order valence-electron chi connectivity index (χ4n) is 3.04. The summed E-state index contributed by atoms with van der Waals surface area (Å²) < 4.78 is 33.6. The lowest BCUT2D eigenvalue weighted by Gasteiger charge is -2.26. The molecule has 1 N–H and O–H groups in total. The van der Waals surface area contributed by atoms with Crippen molar-refractivity contribution >= 4 is 37.5 Å². The van der Waals surface area contributed by atoms with Crippen LogP contribution >= 0.6 is 15.9 Å². The van der Waals surface area contributed by atoms with E-state index in [9.17, 15) is 13.2 Å². The first kappa shape index (κ1) is 20.8. The Bertz CT molecular complexity index is 956. The summed E-state index contributed by atoms with van der Waals surface area (Å²) in [4.78, 5) is 12.5. The van der Waals surface area contributed by atoms with Crippen LogP contribution in [0, 0.1) is 6.92 Å². The monoisotopic (exact) mass is 466 g/mol. The number of carbonyl (C=O) groups excluding carboxylic acids is 1. The number of nitrogens with one attached hydrogen (secondary N) is 1. The van der Waals surface area contributed by atoms with E-state index in [2.05, 4.69) is 21.2 Å². The van der Waals surface area contributed by atoms with Gasteiger partial charge in [-0.1, -0.05) is 34.5 Å². The lowest BCUT2D eigenvalue weighted by Crippen LogP contribution is -2.35. The summed E-state index contributed by atoms with van der Waals surface area (Å²) in [6.45, 7) is 2.73. The molecule has 2 aromatic carbocycles. The van der Waals surface area contributed by atoms with Crippen molar-refractivity contribution in [1.82, 2.24) is 4.31 Å². The van der Waals surface area contributed by atoms with Crippen molar-refractivity contribution in [3.63, 3.8) is 0 Å². The van der Waals surface area contributed by atoms with Gasteiger partial charge in [0.15, 0.2) is 6.61 Å². The Hall–Kier alpha value is -1.90. The maximum absolute atomic E-state index is 12.9. The van der Waals surface area contributed by atoms with Crippen molar-refractivity contribution in [2.45, 2.75) is 31.1 Å². The van der Waals surface area contributed by atoms with Crippen LogP contribution in [-0.2, 0) is 14.8 Å². The molecule has 0 aromatic heterocycles. The van der Waals surface area contributed by atoms with Gasteiger partial charge in [-0.3, -0.25) is 4.79 Å². The molecule has 1 amide bonds. The average molecular weight is 467 g/mol. The molecule has 1 fully saturated rings. The molecule has 8 heteroatoms. The molecule has 150 valence electrons. The number of hydrogen-bond donors (Lipinski definition) is 1. The number of rotatable bonds is 6. The number of nitrogens with zero attached hydrogens (tertiary/aromatic N) is 1. The third-order valence-corrected chi connectivity index (χ3v) is 6.99. The van der Waals surface area contributed by atoms with Gasteiger partial charge in [-0.15, -0.1) is 0 Å². The van der Waals surface area contributed by atoms with E-state index in [0.29, 0.717) is 24.5 Å². The van der Waals surface area contributed by atoms with Crippen LogP contribution in [0.15, 0.2) is 51.8 Å². The number of benzene rings is 2. The molecule has 1 aliphatic rings. The normalized spacial score (nSPS) is 15.2. The maximum atomic E-state index is 12.9. The molecule has 1 saturated heterocycles. The molecule has 2 aromatic rings. The molecule has 1 aliphatic heterocycles. The summed E-state index contributed by atoms with van der Waals surface area (Å²) in [5.74, 6) is 0.221. The van der Waals surface area contributed by atoms with Crippen molar-refractivity contribution in [2.24, 2.45) is 0 Å². The van der Waals surface area contributed by atoms with E-state index in [0.717, 1.165) is 29.3 Å². The van der Waals surface area contributed by atoms with Crippen molar-refractivity contribution < 1.29 is 17.9 Å². The minimum atomic E-state index is -3.55. The number of anilines is 1. The molecule has 3 rings (SSSR count). The number of sulfonamides is 1. The number of piperidine rings is 1.